The average molecular weight is 521 g/mol. The summed E-state index contributed by atoms with van der Waals surface area (Å²) in [5.41, 5.74) is -0.343. The smallest absolute Gasteiger partial charge is 0.333 e. The molecular weight excluding hydrogens is 492 g/mol. The molecule has 2 N–H and O–H groups in total. The third-order valence-corrected chi connectivity index (χ3v) is 8.56. The fraction of sp³-hybridized carbons (Fsp3) is 0.429. The van der Waals surface area contributed by atoms with Crippen LogP contribution >= 0.6 is 0 Å². The first-order valence-corrected chi connectivity index (χ1v) is 12.4. The quantitative estimate of drug-likeness (QED) is 0.444. The van der Waals surface area contributed by atoms with Gasteiger partial charge in [-0.1, -0.05) is 36.8 Å². The Balaban J connectivity index is 1.73. The zero-order valence-electron chi connectivity index (χ0n) is 21.4. The monoisotopic (exact) mass is 520 g/mol. The van der Waals surface area contributed by atoms with E-state index in [1.54, 1.807) is 44.2 Å². The summed E-state index contributed by atoms with van der Waals surface area (Å²) in [6, 6.07) is 8.34. The Labute approximate surface area is 218 Å². The van der Waals surface area contributed by atoms with Gasteiger partial charge in [0.1, 0.15) is 5.54 Å². The van der Waals surface area contributed by atoms with Crippen molar-refractivity contribution in [1.82, 2.24) is 10.6 Å². The van der Waals surface area contributed by atoms with E-state index in [0.717, 1.165) is 0 Å². The lowest BCUT2D eigenvalue weighted by Gasteiger charge is -2.39. The summed E-state index contributed by atoms with van der Waals surface area (Å²) in [4.78, 5) is 79.5. The van der Waals surface area contributed by atoms with E-state index in [1.807, 2.05) is 0 Å². The summed E-state index contributed by atoms with van der Waals surface area (Å²) in [6.07, 6.45) is 1.41. The van der Waals surface area contributed by atoms with E-state index in [2.05, 4.69) is 10.6 Å². The maximum Gasteiger partial charge on any atom is 0.333 e. The van der Waals surface area contributed by atoms with Gasteiger partial charge in [0.2, 0.25) is 11.8 Å². The van der Waals surface area contributed by atoms with Crippen LogP contribution in [0.4, 0.5) is 0 Å². The molecule has 1 heterocycles. The summed E-state index contributed by atoms with van der Waals surface area (Å²) < 4.78 is 10.1. The van der Waals surface area contributed by atoms with Crippen molar-refractivity contribution in [2.45, 2.75) is 25.8 Å². The summed E-state index contributed by atoms with van der Waals surface area (Å²) in [5, 5.41) is 5.25. The zero-order valence-corrected chi connectivity index (χ0v) is 21.4. The molecule has 4 aliphatic rings. The largest absolute Gasteiger partial charge is 0.469 e. The van der Waals surface area contributed by atoms with Crippen LogP contribution in [-0.2, 0) is 33.4 Å². The highest BCUT2D eigenvalue weighted by atomic mass is 16.5. The Kier molecular flexibility index (Phi) is 6.08. The van der Waals surface area contributed by atoms with Gasteiger partial charge in [0.15, 0.2) is 5.78 Å². The molecule has 3 amide bonds. The molecule has 1 saturated heterocycles. The second kappa shape index (κ2) is 9.04. The first-order valence-electron chi connectivity index (χ1n) is 12.4. The van der Waals surface area contributed by atoms with Crippen LogP contribution < -0.4 is 10.6 Å². The lowest BCUT2D eigenvalue weighted by Crippen LogP contribution is -2.57. The van der Waals surface area contributed by atoms with Crippen LogP contribution in [0.5, 0.6) is 0 Å². The van der Waals surface area contributed by atoms with Gasteiger partial charge in [0.25, 0.3) is 5.91 Å². The maximum absolute atomic E-state index is 14.2. The number of hydrogen-bond acceptors (Lipinski definition) is 8. The fourth-order valence-corrected chi connectivity index (χ4v) is 6.95. The first-order chi connectivity index (χ1) is 18.0. The number of imide groups is 1. The highest BCUT2D eigenvalue weighted by Crippen LogP contribution is 2.59. The van der Waals surface area contributed by atoms with Crippen molar-refractivity contribution in [3.05, 3.63) is 58.7 Å². The van der Waals surface area contributed by atoms with Gasteiger partial charge in [0, 0.05) is 22.6 Å². The van der Waals surface area contributed by atoms with Crippen LogP contribution in [0.3, 0.4) is 0 Å². The number of amides is 3. The molecule has 10 nitrogen and oxygen atoms in total. The molecule has 7 atom stereocenters. The number of ketones is 1. The summed E-state index contributed by atoms with van der Waals surface area (Å²) in [5.74, 6) is -8.46. The van der Waals surface area contributed by atoms with E-state index in [4.69, 9.17) is 9.47 Å². The lowest BCUT2D eigenvalue weighted by atomic mass is 9.62. The standard InChI is InChI=1S/C28H28N2O8/c1-12-17-19-15(20-18(12)24(33)29-25(20)34)10-14(26(35)37-3)11-16(27(36)38-4)21(19)28(2,22(17)31)30-23(32)13-8-6-5-7-9-13/h5-9,11-12,15-16,18,20-21H,10H2,1-4H3,(H,30,32)(H,29,33,34)/t12-,15+,16+,18-,20+,21?,28-/m0/s1. The number of Topliss-reactive ketones (excluding diaryl/α,β-unsaturated/α-hetero) is 1. The number of esters is 2. The summed E-state index contributed by atoms with van der Waals surface area (Å²) in [6.45, 7) is 3.26. The van der Waals surface area contributed by atoms with Gasteiger partial charge in [-0.25, -0.2) is 4.79 Å². The molecule has 1 aliphatic heterocycles. The van der Waals surface area contributed by atoms with E-state index < -0.39 is 76.5 Å². The number of ether oxygens (including phenoxy) is 2. The third kappa shape index (κ3) is 3.53. The predicted molar refractivity (Wildman–Crippen MR) is 131 cm³/mol. The van der Waals surface area contributed by atoms with Gasteiger partial charge in [-0.05, 0) is 37.3 Å². The Bertz CT molecular complexity index is 1350. The van der Waals surface area contributed by atoms with Crippen LogP contribution in [0.1, 0.15) is 30.6 Å². The molecule has 1 fully saturated rings. The Morgan fingerprint density at radius 1 is 1.00 bits per heavy atom. The van der Waals surface area contributed by atoms with Crippen molar-refractivity contribution in [3.63, 3.8) is 0 Å². The second-order valence-corrected chi connectivity index (χ2v) is 10.4. The van der Waals surface area contributed by atoms with Crippen LogP contribution in [-0.4, -0.2) is 55.2 Å². The zero-order chi connectivity index (χ0) is 27.5. The Morgan fingerprint density at radius 2 is 1.66 bits per heavy atom. The van der Waals surface area contributed by atoms with Crippen LogP contribution in [0.2, 0.25) is 0 Å². The maximum atomic E-state index is 14.2. The average Bonchev–Trinajstić information content (AvgIpc) is 3.24. The molecule has 5 rings (SSSR count). The van der Waals surface area contributed by atoms with Crippen molar-refractivity contribution >= 4 is 35.4 Å². The highest BCUT2D eigenvalue weighted by Gasteiger charge is 2.66. The number of nitrogens with one attached hydrogen (secondary N) is 2. The molecule has 0 bridgehead atoms. The molecule has 38 heavy (non-hydrogen) atoms. The van der Waals surface area contributed by atoms with Gasteiger partial charge >= 0.3 is 11.9 Å². The van der Waals surface area contributed by atoms with Gasteiger partial charge < -0.3 is 14.8 Å². The summed E-state index contributed by atoms with van der Waals surface area (Å²) in [7, 11) is 2.41. The Morgan fingerprint density at radius 3 is 2.29 bits per heavy atom. The number of methoxy groups -OCH3 is 2. The summed E-state index contributed by atoms with van der Waals surface area (Å²) >= 11 is 0. The third-order valence-electron chi connectivity index (χ3n) is 8.56. The van der Waals surface area contributed by atoms with E-state index in [0.29, 0.717) is 16.7 Å². The van der Waals surface area contributed by atoms with E-state index in [-0.39, 0.29) is 12.0 Å². The van der Waals surface area contributed by atoms with Crippen molar-refractivity contribution < 1.29 is 38.2 Å². The number of rotatable bonds is 4. The molecule has 10 heteroatoms. The number of fused-ring (bicyclic) bond motifs is 2. The van der Waals surface area contributed by atoms with Crippen LogP contribution in [0.15, 0.2) is 53.1 Å². The van der Waals surface area contributed by atoms with E-state index in [1.165, 1.54) is 20.3 Å². The minimum absolute atomic E-state index is 0.0138. The molecule has 0 radical (unpaired) electrons. The molecule has 0 saturated carbocycles. The predicted octanol–water partition coefficient (Wildman–Crippen LogP) is 1.12. The van der Waals surface area contributed by atoms with E-state index >= 15 is 0 Å². The number of benzene rings is 1. The topological polar surface area (TPSA) is 145 Å². The molecule has 1 aromatic rings. The van der Waals surface area contributed by atoms with Gasteiger partial charge in [0.05, 0.1) is 32.0 Å². The van der Waals surface area contributed by atoms with E-state index in [9.17, 15) is 28.8 Å². The van der Waals surface area contributed by atoms with Gasteiger partial charge in [-0.2, -0.15) is 0 Å². The Hall–Kier alpha value is -4.08. The highest BCUT2D eigenvalue weighted by molar-refractivity contribution is 6.14. The number of hydrogen-bond donors (Lipinski definition) is 2. The fourth-order valence-electron chi connectivity index (χ4n) is 6.95. The minimum atomic E-state index is -1.62. The minimum Gasteiger partial charge on any atom is -0.469 e. The molecule has 1 unspecified atom stereocenters. The van der Waals surface area contributed by atoms with Crippen molar-refractivity contribution in [3.8, 4) is 0 Å². The van der Waals surface area contributed by atoms with Crippen LogP contribution in [0, 0.1) is 35.5 Å². The normalized spacial score (nSPS) is 33.5. The lowest BCUT2D eigenvalue weighted by molar-refractivity contribution is -0.146. The van der Waals surface area contributed by atoms with Gasteiger partial charge in [-0.15, -0.1) is 0 Å². The first kappa shape index (κ1) is 25.6. The van der Waals surface area contributed by atoms with Crippen LogP contribution in [0.25, 0.3) is 0 Å². The molecule has 0 spiro atoms. The molecule has 3 aliphatic carbocycles. The van der Waals surface area contributed by atoms with Gasteiger partial charge in [-0.3, -0.25) is 29.3 Å². The molecule has 1 aromatic carbocycles. The number of carbonyl (C=O) groups excluding carboxylic acids is 6. The number of carbonyl (C=O) groups is 6. The molecular formula is C28H28N2O8. The van der Waals surface area contributed by atoms with Crippen molar-refractivity contribution in [2.75, 3.05) is 14.2 Å². The van der Waals surface area contributed by atoms with Crippen molar-refractivity contribution in [1.29, 1.82) is 0 Å². The second-order valence-electron chi connectivity index (χ2n) is 10.4. The molecule has 198 valence electrons. The SMILES string of the molecule is COC(=O)C1=C[C@@H](C(=O)OC)C2C3=C(C(=O)[C@@]2(C)NC(=O)c2ccccc2)[C@H](C)[C@@H]2C(=O)NC(=O)[C@@H]2[C@@H]3C1. The molecule has 0 aromatic heterocycles. The van der Waals surface area contributed by atoms with Crippen molar-refractivity contribution in [2.24, 2.45) is 35.5 Å².